The second kappa shape index (κ2) is 4.27. The quantitative estimate of drug-likeness (QED) is 0.704. The molecule has 0 saturated heterocycles. The Kier molecular flexibility index (Phi) is 3.31. The maximum absolute atomic E-state index is 11.0. The van der Waals surface area contributed by atoms with Crippen molar-refractivity contribution in [3.63, 3.8) is 0 Å². The van der Waals surface area contributed by atoms with E-state index in [0.717, 1.165) is 17.5 Å². The second-order valence-corrected chi connectivity index (χ2v) is 3.22. The van der Waals surface area contributed by atoms with Crippen LogP contribution in [-0.2, 0) is 11.2 Å². The maximum atomic E-state index is 11.0. The highest BCUT2D eigenvalue weighted by molar-refractivity contribution is 8.13. The van der Waals surface area contributed by atoms with Crippen molar-refractivity contribution >= 4 is 16.9 Å². The molecule has 0 aliphatic rings. The molecular formula is C7H11N3OS. The van der Waals surface area contributed by atoms with E-state index in [4.69, 9.17) is 5.73 Å². The number of nitrogens with two attached hydrogens (primary N) is 1. The number of H-pyrrole nitrogens is 1. The number of carbonyl (C=O) groups excluding carboxylic acids is 1. The van der Waals surface area contributed by atoms with E-state index in [2.05, 4.69) is 9.97 Å². The molecule has 12 heavy (non-hydrogen) atoms. The molecule has 4 nitrogen and oxygen atoms in total. The average Bonchev–Trinajstić information content (AvgIpc) is 2.55. The van der Waals surface area contributed by atoms with Crippen LogP contribution in [0.25, 0.3) is 0 Å². The van der Waals surface area contributed by atoms with Crippen LogP contribution in [0, 0.1) is 0 Å². The Morgan fingerprint density at radius 1 is 1.92 bits per heavy atom. The van der Waals surface area contributed by atoms with Crippen molar-refractivity contribution in [2.75, 3.05) is 6.26 Å². The minimum absolute atomic E-state index is 0.00426. The minimum Gasteiger partial charge on any atom is -0.348 e. The molecule has 0 bridgehead atoms. The van der Waals surface area contributed by atoms with Crippen LogP contribution in [0.2, 0.25) is 0 Å². The predicted molar refractivity (Wildman–Crippen MR) is 48.8 cm³/mol. The Bertz CT molecular complexity index is 247. The molecule has 1 aromatic rings. The Hall–Kier alpha value is -0.810. The van der Waals surface area contributed by atoms with Crippen LogP contribution in [0.3, 0.4) is 0 Å². The molecule has 5 heteroatoms. The molecular weight excluding hydrogens is 174 g/mol. The molecule has 0 amide bonds. The fourth-order valence-corrected chi connectivity index (χ4v) is 1.25. The molecule has 0 fully saturated rings. The molecule has 0 aliphatic carbocycles. The normalized spacial score (nSPS) is 12.8. The molecule has 0 saturated carbocycles. The number of hydrogen-bond donors (Lipinski definition) is 2. The number of aromatic nitrogens is 2. The first kappa shape index (κ1) is 9.28. The van der Waals surface area contributed by atoms with Crippen LogP contribution in [-0.4, -0.2) is 27.4 Å². The van der Waals surface area contributed by atoms with Crippen molar-refractivity contribution < 1.29 is 4.79 Å². The van der Waals surface area contributed by atoms with Gasteiger partial charge in [-0.1, -0.05) is 11.8 Å². The van der Waals surface area contributed by atoms with Gasteiger partial charge in [-0.3, -0.25) is 4.79 Å². The van der Waals surface area contributed by atoms with Gasteiger partial charge in [-0.25, -0.2) is 4.98 Å². The monoisotopic (exact) mass is 185 g/mol. The van der Waals surface area contributed by atoms with E-state index in [1.165, 1.54) is 0 Å². The summed E-state index contributed by atoms with van der Waals surface area (Å²) in [7, 11) is 0. The summed E-state index contributed by atoms with van der Waals surface area (Å²) >= 11 is 1.16. The Balaban J connectivity index is 2.47. The van der Waals surface area contributed by atoms with Gasteiger partial charge in [0.15, 0.2) is 0 Å². The number of rotatable bonds is 3. The number of imidazole rings is 1. The molecule has 0 radical (unpaired) electrons. The molecule has 0 aliphatic heterocycles. The third-order valence-corrected chi connectivity index (χ3v) is 2.20. The van der Waals surface area contributed by atoms with Crippen molar-refractivity contribution in [1.29, 1.82) is 0 Å². The number of aromatic amines is 1. The van der Waals surface area contributed by atoms with Gasteiger partial charge in [-0.15, -0.1) is 0 Å². The van der Waals surface area contributed by atoms with Gasteiger partial charge in [-0.2, -0.15) is 0 Å². The standard InChI is InChI=1S/C7H11N3OS/c1-12-7(11)6(8)2-5-3-9-4-10-5/h3-4,6H,2,8H2,1H3,(H,9,10)/t6-/m1/s1. The summed E-state index contributed by atoms with van der Waals surface area (Å²) in [5, 5.41) is 0.00426. The van der Waals surface area contributed by atoms with Gasteiger partial charge in [0, 0.05) is 18.3 Å². The first-order chi connectivity index (χ1) is 5.74. The highest BCUT2D eigenvalue weighted by Crippen LogP contribution is 2.03. The van der Waals surface area contributed by atoms with E-state index in [1.54, 1.807) is 18.8 Å². The highest BCUT2D eigenvalue weighted by atomic mass is 32.2. The van der Waals surface area contributed by atoms with Gasteiger partial charge in [-0.05, 0) is 6.26 Å². The van der Waals surface area contributed by atoms with Crippen LogP contribution in [0.4, 0.5) is 0 Å². The van der Waals surface area contributed by atoms with Crippen LogP contribution in [0.5, 0.6) is 0 Å². The summed E-state index contributed by atoms with van der Waals surface area (Å²) in [5.74, 6) is 0. The topological polar surface area (TPSA) is 71.8 Å². The van der Waals surface area contributed by atoms with E-state index in [9.17, 15) is 4.79 Å². The maximum Gasteiger partial charge on any atom is 0.205 e. The smallest absolute Gasteiger partial charge is 0.205 e. The average molecular weight is 185 g/mol. The van der Waals surface area contributed by atoms with Crippen LogP contribution >= 0.6 is 11.8 Å². The van der Waals surface area contributed by atoms with E-state index < -0.39 is 6.04 Å². The fraction of sp³-hybridized carbons (Fsp3) is 0.429. The number of hydrogen-bond acceptors (Lipinski definition) is 4. The summed E-state index contributed by atoms with van der Waals surface area (Å²) in [5.41, 5.74) is 6.49. The SMILES string of the molecule is CSC(=O)[C@H](N)Cc1cnc[nH]1. The number of nitrogens with zero attached hydrogens (tertiary/aromatic N) is 1. The lowest BCUT2D eigenvalue weighted by Crippen LogP contribution is -2.30. The van der Waals surface area contributed by atoms with Crippen LogP contribution < -0.4 is 5.73 Å². The van der Waals surface area contributed by atoms with Gasteiger partial charge in [0.25, 0.3) is 0 Å². The van der Waals surface area contributed by atoms with Crippen molar-refractivity contribution in [3.8, 4) is 0 Å². The highest BCUT2D eigenvalue weighted by Gasteiger charge is 2.12. The largest absolute Gasteiger partial charge is 0.348 e. The zero-order valence-corrected chi connectivity index (χ0v) is 7.60. The number of carbonyl (C=O) groups is 1. The molecule has 3 N–H and O–H groups in total. The molecule has 0 aromatic carbocycles. The molecule has 1 rings (SSSR count). The van der Waals surface area contributed by atoms with Crippen LogP contribution in [0.15, 0.2) is 12.5 Å². The van der Waals surface area contributed by atoms with Gasteiger partial charge in [0.1, 0.15) is 0 Å². The lowest BCUT2D eigenvalue weighted by Gasteiger charge is -2.05. The molecule has 0 spiro atoms. The van der Waals surface area contributed by atoms with Gasteiger partial charge >= 0.3 is 0 Å². The van der Waals surface area contributed by atoms with Gasteiger partial charge < -0.3 is 10.7 Å². The molecule has 66 valence electrons. The summed E-state index contributed by atoms with van der Waals surface area (Å²) in [4.78, 5) is 17.8. The van der Waals surface area contributed by atoms with Gasteiger partial charge in [0.2, 0.25) is 5.12 Å². The van der Waals surface area contributed by atoms with E-state index in [0.29, 0.717) is 6.42 Å². The minimum atomic E-state index is -0.430. The van der Waals surface area contributed by atoms with Crippen molar-refractivity contribution in [1.82, 2.24) is 9.97 Å². The first-order valence-corrected chi connectivity index (χ1v) is 4.77. The summed E-state index contributed by atoms with van der Waals surface area (Å²) < 4.78 is 0. The zero-order valence-electron chi connectivity index (χ0n) is 6.78. The van der Waals surface area contributed by atoms with E-state index in [1.807, 2.05) is 0 Å². The Labute approximate surface area is 74.9 Å². The number of nitrogens with one attached hydrogen (secondary N) is 1. The third-order valence-electron chi connectivity index (χ3n) is 1.50. The summed E-state index contributed by atoms with van der Waals surface area (Å²) in [6, 6.07) is -0.430. The fourth-order valence-electron chi connectivity index (χ4n) is 0.868. The summed E-state index contributed by atoms with van der Waals surface area (Å²) in [6.45, 7) is 0. The second-order valence-electron chi connectivity index (χ2n) is 2.41. The Morgan fingerprint density at radius 3 is 3.17 bits per heavy atom. The first-order valence-electron chi connectivity index (χ1n) is 3.54. The number of thioether (sulfide) groups is 1. The lowest BCUT2D eigenvalue weighted by molar-refractivity contribution is -0.112. The van der Waals surface area contributed by atoms with E-state index in [-0.39, 0.29) is 5.12 Å². The molecule has 1 atom stereocenters. The van der Waals surface area contributed by atoms with Crippen LogP contribution in [0.1, 0.15) is 5.69 Å². The van der Waals surface area contributed by atoms with Crippen molar-refractivity contribution in [3.05, 3.63) is 18.2 Å². The zero-order chi connectivity index (χ0) is 8.97. The van der Waals surface area contributed by atoms with Crippen molar-refractivity contribution in [2.24, 2.45) is 5.73 Å². The Morgan fingerprint density at radius 2 is 2.67 bits per heavy atom. The molecule has 1 heterocycles. The van der Waals surface area contributed by atoms with E-state index >= 15 is 0 Å². The lowest BCUT2D eigenvalue weighted by atomic mass is 10.2. The summed E-state index contributed by atoms with van der Waals surface area (Å²) in [6.07, 6.45) is 5.51. The van der Waals surface area contributed by atoms with Gasteiger partial charge in [0.05, 0.1) is 12.4 Å². The molecule has 1 aromatic heterocycles. The third kappa shape index (κ3) is 2.35. The van der Waals surface area contributed by atoms with Crippen molar-refractivity contribution in [2.45, 2.75) is 12.5 Å². The predicted octanol–water partition coefficient (Wildman–Crippen LogP) is 0.169. The molecule has 0 unspecified atom stereocenters.